The summed E-state index contributed by atoms with van der Waals surface area (Å²) in [6.07, 6.45) is 0.498. The van der Waals surface area contributed by atoms with Crippen molar-refractivity contribution in [1.29, 1.82) is 0 Å². The van der Waals surface area contributed by atoms with Gasteiger partial charge in [-0.25, -0.2) is 10.1 Å². The maximum Gasteiger partial charge on any atom is 0.403 e. The molecule has 14 heteroatoms. The average Bonchev–Trinajstić information content (AvgIpc) is 2.56. The summed E-state index contributed by atoms with van der Waals surface area (Å²) in [5.41, 5.74) is 16.2. The first-order chi connectivity index (χ1) is 10.8. The first-order valence-corrected chi connectivity index (χ1v) is 5.52. The number of nitrogens with two attached hydrogens (primary N) is 3. The standard InChI is InChI=1S/C7H16N6O4.3CHO.Re/c8-4-7(10,5(14)15)2-1-3-11-6(9)12-13(16)17;3*1-2;/h1-4,8,10H2,(H,14,15)(H3,9,11,12);3*1H;/q;3*-1;/p+1. The van der Waals surface area contributed by atoms with Crippen molar-refractivity contribution in [3.05, 3.63) is 10.1 Å². The molecule has 0 spiro atoms. The van der Waals surface area contributed by atoms with Gasteiger partial charge >= 0.3 is 11.9 Å². The molecule has 1 radical (unpaired) electrons. The average molecular weight is 523 g/mol. The minimum atomic E-state index is -1.48. The molecule has 0 amide bonds. The molecule has 9 N–H and O–H groups in total. The number of aliphatic carboxylic acids is 1. The molecule has 0 aromatic heterocycles. The van der Waals surface area contributed by atoms with Gasteiger partial charge in [0.15, 0.2) is 0 Å². The minimum Gasteiger partial charge on any atom is -0.545 e. The zero-order valence-corrected chi connectivity index (χ0v) is 15.2. The summed E-state index contributed by atoms with van der Waals surface area (Å²) in [6.45, 7) is 9.81. The Morgan fingerprint density at radius 1 is 1.25 bits per heavy atom. The molecule has 0 aromatic rings. The molecule has 0 aliphatic carbocycles. The van der Waals surface area contributed by atoms with Crippen LogP contribution in [0.3, 0.4) is 0 Å². The molecule has 0 bridgehead atoms. The van der Waals surface area contributed by atoms with Gasteiger partial charge in [-0.05, 0) is 12.8 Å². The number of hydrogen-bond donors (Lipinski definition) is 6. The summed E-state index contributed by atoms with van der Waals surface area (Å²) < 4.78 is 0. The van der Waals surface area contributed by atoms with Crippen molar-refractivity contribution in [2.45, 2.75) is 18.4 Å². The van der Waals surface area contributed by atoms with Crippen LogP contribution in [0.2, 0.25) is 0 Å². The van der Waals surface area contributed by atoms with E-state index >= 15 is 0 Å². The van der Waals surface area contributed by atoms with Crippen LogP contribution in [0, 0.1) is 10.1 Å². The van der Waals surface area contributed by atoms with Crippen LogP contribution in [-0.4, -0.2) is 61.1 Å². The van der Waals surface area contributed by atoms with Crippen LogP contribution in [0.1, 0.15) is 12.8 Å². The van der Waals surface area contributed by atoms with Crippen molar-refractivity contribution in [3.63, 3.8) is 0 Å². The monoisotopic (exact) mass is 523 g/mol. The van der Waals surface area contributed by atoms with Gasteiger partial charge in [0.1, 0.15) is 5.54 Å². The SMILES string of the molecule is NCC(N)(CCC[NH+]=C(N)N[N+](=O)[O-])C(=O)O.[CH-]=O.[CH-]=O.[CH-]=O.[Re]. The van der Waals surface area contributed by atoms with Crippen molar-refractivity contribution in [1.82, 2.24) is 5.43 Å². The molecule has 0 fully saturated rings. The summed E-state index contributed by atoms with van der Waals surface area (Å²) in [5, 5.41) is 18.0. The maximum absolute atomic E-state index is 10.8. The first kappa shape index (κ1) is 33.4. The number of rotatable bonds is 7. The van der Waals surface area contributed by atoms with Crippen molar-refractivity contribution in [3.8, 4) is 0 Å². The molecule has 1 atom stereocenters. The van der Waals surface area contributed by atoms with E-state index in [9.17, 15) is 14.9 Å². The van der Waals surface area contributed by atoms with Gasteiger partial charge in [0.05, 0.1) is 6.54 Å². The smallest absolute Gasteiger partial charge is 0.403 e. The van der Waals surface area contributed by atoms with Gasteiger partial charge in [0.2, 0.25) is 5.03 Å². The number of hydrogen-bond acceptors (Lipinski definition) is 8. The Hall–Kier alpha value is -2.27. The molecule has 0 aromatic carbocycles. The Labute approximate surface area is 151 Å². The van der Waals surface area contributed by atoms with Crippen LogP contribution in [0.15, 0.2) is 0 Å². The molecule has 24 heavy (non-hydrogen) atoms. The number of guanidine groups is 1. The summed E-state index contributed by atoms with van der Waals surface area (Å²) in [6, 6.07) is 0. The van der Waals surface area contributed by atoms with Gasteiger partial charge in [0, 0.05) is 32.4 Å². The fourth-order valence-electron chi connectivity index (χ4n) is 1.06. The normalized spacial score (nSPS) is 11.2. The molecular weight excluding hydrogens is 502 g/mol. The van der Waals surface area contributed by atoms with Crippen LogP contribution < -0.4 is 27.6 Å². The van der Waals surface area contributed by atoms with E-state index in [1.54, 1.807) is 5.43 Å². The van der Waals surface area contributed by atoms with E-state index in [0.717, 1.165) is 0 Å². The second-order valence-corrected chi connectivity index (χ2v) is 3.48. The third-order valence-corrected chi connectivity index (χ3v) is 2.12. The van der Waals surface area contributed by atoms with Crippen LogP contribution in [0.4, 0.5) is 0 Å². The zero-order chi connectivity index (χ0) is 19.5. The molecule has 0 rings (SSSR count). The number of nitrogens with zero attached hydrogens (tertiary/aromatic N) is 1. The van der Waals surface area contributed by atoms with Gasteiger partial charge in [-0.15, -0.1) is 0 Å². The molecule has 0 heterocycles. The van der Waals surface area contributed by atoms with Crippen LogP contribution >= 0.6 is 0 Å². The number of carbonyl (C=O) groups is 1. The Balaban J connectivity index is -0.000000153. The number of carbonyl (C=O) groups excluding carboxylic acids is 3. The van der Waals surface area contributed by atoms with Crippen LogP contribution in [0.5, 0.6) is 0 Å². The van der Waals surface area contributed by atoms with Gasteiger partial charge in [-0.1, -0.05) is 0 Å². The molecule has 13 nitrogen and oxygen atoms in total. The number of nitro groups is 1. The Bertz CT molecular complexity index is 369. The number of carboxylic acid groups (broad SMARTS) is 1. The molecule has 0 aliphatic heterocycles. The second-order valence-electron chi connectivity index (χ2n) is 3.48. The van der Waals surface area contributed by atoms with E-state index in [4.69, 9.17) is 36.7 Å². The van der Waals surface area contributed by atoms with E-state index in [-0.39, 0.29) is 45.9 Å². The van der Waals surface area contributed by atoms with E-state index in [0.29, 0.717) is 6.42 Å². The van der Waals surface area contributed by atoms with Crippen molar-refractivity contribution in [2.24, 2.45) is 17.2 Å². The van der Waals surface area contributed by atoms with Crippen LogP contribution in [-0.2, 0) is 39.6 Å². The molecular formula is C10H20N6O7Re-2. The largest absolute Gasteiger partial charge is 0.545 e. The zero-order valence-electron chi connectivity index (χ0n) is 12.5. The molecule has 141 valence electrons. The van der Waals surface area contributed by atoms with Crippen molar-refractivity contribution in [2.75, 3.05) is 13.1 Å². The van der Waals surface area contributed by atoms with Gasteiger partial charge in [0.25, 0.3) is 0 Å². The van der Waals surface area contributed by atoms with E-state index in [1.165, 1.54) is 0 Å². The maximum atomic E-state index is 10.8. The second kappa shape index (κ2) is 23.0. The van der Waals surface area contributed by atoms with Gasteiger partial charge in [-0.2, -0.15) is 0 Å². The Kier molecular flexibility index (Phi) is 32.0. The quantitative estimate of drug-likeness (QED) is 0.0352. The number of hydrazine groups is 1. The third-order valence-electron chi connectivity index (χ3n) is 2.12. The van der Waals surface area contributed by atoms with E-state index in [1.807, 2.05) is 0 Å². The Morgan fingerprint density at radius 2 is 1.67 bits per heavy atom. The van der Waals surface area contributed by atoms with E-state index in [2.05, 4.69) is 25.4 Å². The topological polar surface area (TPSA) is 236 Å². The summed E-state index contributed by atoms with van der Waals surface area (Å²) in [7, 11) is 0. The van der Waals surface area contributed by atoms with Crippen LogP contribution in [0.25, 0.3) is 0 Å². The van der Waals surface area contributed by atoms with Gasteiger partial charge in [-0.3, -0.25) is 35.9 Å². The number of nitrogens with one attached hydrogen (secondary N) is 2. The van der Waals surface area contributed by atoms with Gasteiger partial charge < -0.3 is 31.0 Å². The predicted octanol–water partition coefficient (Wildman–Crippen LogP) is -5.14. The first-order valence-electron chi connectivity index (χ1n) is 5.52. The van der Waals surface area contributed by atoms with E-state index < -0.39 is 16.5 Å². The summed E-state index contributed by atoms with van der Waals surface area (Å²) >= 11 is 0. The summed E-state index contributed by atoms with van der Waals surface area (Å²) in [5.74, 6) is -1.40. The van der Waals surface area contributed by atoms with Crippen molar-refractivity contribution < 1.29 is 54.7 Å². The minimum absolute atomic E-state index is 0. The number of carboxylic acids is 1. The third kappa shape index (κ3) is 19.7. The molecule has 0 saturated carbocycles. The fraction of sp³-hybridized carbons (Fsp3) is 0.500. The molecule has 0 aliphatic rings. The Morgan fingerprint density at radius 3 is 1.96 bits per heavy atom. The predicted molar refractivity (Wildman–Crippen MR) is 78.2 cm³/mol. The van der Waals surface area contributed by atoms with Crippen molar-refractivity contribution >= 4 is 32.3 Å². The molecule has 1 unspecified atom stereocenters. The fourth-order valence-corrected chi connectivity index (χ4v) is 1.06. The molecule has 0 saturated heterocycles. The summed E-state index contributed by atoms with van der Waals surface area (Å²) in [4.78, 5) is 46.5.